The van der Waals surface area contributed by atoms with Crippen molar-refractivity contribution in [1.29, 1.82) is 0 Å². The summed E-state index contributed by atoms with van der Waals surface area (Å²) in [5.74, 6) is 0.493. The van der Waals surface area contributed by atoms with Gasteiger partial charge in [0.1, 0.15) is 11.3 Å². The molecule has 8 nitrogen and oxygen atoms in total. The van der Waals surface area contributed by atoms with Crippen LogP contribution in [0.2, 0.25) is 0 Å². The molecule has 1 unspecified atom stereocenters. The van der Waals surface area contributed by atoms with Gasteiger partial charge in [-0.1, -0.05) is 0 Å². The minimum absolute atomic E-state index is 0.104. The third kappa shape index (κ3) is 3.87. The second-order valence-electron chi connectivity index (χ2n) is 7.60. The lowest BCUT2D eigenvalue weighted by Crippen LogP contribution is -2.30. The Labute approximate surface area is 167 Å². The monoisotopic (exact) mass is 396 g/mol. The highest BCUT2D eigenvalue weighted by Gasteiger charge is 2.20. The lowest BCUT2D eigenvalue weighted by molar-refractivity contribution is -0.122. The summed E-state index contributed by atoms with van der Waals surface area (Å²) in [6.07, 6.45) is 4.47. The number of hydrogen-bond donors (Lipinski definition) is 1. The summed E-state index contributed by atoms with van der Waals surface area (Å²) < 4.78 is 11.3. The second-order valence-corrected chi connectivity index (χ2v) is 7.60. The van der Waals surface area contributed by atoms with Crippen LogP contribution in [-0.2, 0) is 17.6 Å². The largest absolute Gasteiger partial charge is 0.481 e. The van der Waals surface area contributed by atoms with Gasteiger partial charge in [-0.05, 0) is 64.2 Å². The van der Waals surface area contributed by atoms with Gasteiger partial charge < -0.3 is 14.5 Å². The van der Waals surface area contributed by atoms with Gasteiger partial charge in [-0.3, -0.25) is 4.79 Å². The second kappa shape index (κ2) is 7.69. The number of rotatable bonds is 5. The maximum atomic E-state index is 12.4. The molecule has 0 saturated heterocycles. The predicted octanol–water partition coefficient (Wildman–Crippen LogP) is 3.25. The molecule has 152 valence electrons. The van der Waals surface area contributed by atoms with Crippen LogP contribution in [0.1, 0.15) is 50.8 Å². The molecule has 8 heteroatoms. The van der Waals surface area contributed by atoms with Crippen molar-refractivity contribution in [2.24, 2.45) is 0 Å². The third-order valence-electron chi connectivity index (χ3n) is 5.10. The number of nitrogens with zero attached hydrogens (tertiary/aromatic N) is 3. The molecule has 0 fully saturated rings. The number of nitrogens with one attached hydrogen (secondary N) is 1. The van der Waals surface area contributed by atoms with Gasteiger partial charge in [0, 0.05) is 17.0 Å². The van der Waals surface area contributed by atoms with Gasteiger partial charge in [0.25, 0.3) is 5.91 Å². The standard InChI is InChI=1S/C21H24N4O4/c1-12(2)25-22-11-19(24-25)23-20(26)13(3)28-14-8-9-16-15-6-4-5-7-17(15)21(27)29-18(16)10-14/h8-13H,4-7H2,1-3H3,(H,23,24,26). The van der Waals surface area contributed by atoms with Crippen LogP contribution < -0.4 is 15.7 Å². The summed E-state index contributed by atoms with van der Waals surface area (Å²) in [5.41, 5.74) is 2.08. The normalized spacial score (nSPS) is 14.6. The lowest BCUT2D eigenvalue weighted by atomic mass is 9.91. The van der Waals surface area contributed by atoms with Crippen molar-refractivity contribution >= 4 is 22.7 Å². The molecule has 1 atom stereocenters. The van der Waals surface area contributed by atoms with E-state index in [9.17, 15) is 9.59 Å². The average Bonchev–Trinajstić information content (AvgIpc) is 3.17. The number of benzene rings is 1. The van der Waals surface area contributed by atoms with Crippen LogP contribution in [-0.4, -0.2) is 27.0 Å². The van der Waals surface area contributed by atoms with Crippen LogP contribution in [0.5, 0.6) is 5.75 Å². The zero-order valence-corrected chi connectivity index (χ0v) is 16.8. The molecule has 1 aliphatic rings. The van der Waals surface area contributed by atoms with Crippen LogP contribution in [0.15, 0.2) is 33.6 Å². The summed E-state index contributed by atoms with van der Waals surface area (Å²) >= 11 is 0. The molecule has 3 aromatic rings. The Morgan fingerprint density at radius 1 is 1.21 bits per heavy atom. The summed E-state index contributed by atoms with van der Waals surface area (Å²) in [4.78, 5) is 26.2. The first-order valence-electron chi connectivity index (χ1n) is 9.90. The highest BCUT2D eigenvalue weighted by atomic mass is 16.5. The molecule has 1 amide bonds. The molecule has 2 heterocycles. The third-order valence-corrected chi connectivity index (χ3v) is 5.10. The molecule has 1 aromatic carbocycles. The Balaban J connectivity index is 1.51. The van der Waals surface area contributed by atoms with Crippen LogP contribution in [0.4, 0.5) is 5.82 Å². The zero-order valence-electron chi connectivity index (χ0n) is 16.8. The number of anilines is 1. The molecule has 2 aromatic heterocycles. The Kier molecular flexibility index (Phi) is 5.08. The summed E-state index contributed by atoms with van der Waals surface area (Å²) in [5, 5.41) is 11.9. The van der Waals surface area contributed by atoms with Crippen molar-refractivity contribution < 1.29 is 13.9 Å². The molecule has 0 radical (unpaired) electrons. The van der Waals surface area contributed by atoms with Gasteiger partial charge in [0.2, 0.25) is 0 Å². The molecule has 0 bridgehead atoms. The Morgan fingerprint density at radius 2 is 1.97 bits per heavy atom. The average molecular weight is 396 g/mol. The molecular weight excluding hydrogens is 372 g/mol. The van der Waals surface area contributed by atoms with Gasteiger partial charge in [0.05, 0.1) is 12.2 Å². The SMILES string of the molecule is CC(Oc1ccc2c3c(c(=O)oc2c1)CCCC3)C(=O)Nc1cnn(C(C)C)n1. The van der Waals surface area contributed by atoms with Gasteiger partial charge in [-0.2, -0.15) is 9.90 Å². The summed E-state index contributed by atoms with van der Waals surface area (Å²) in [6, 6.07) is 5.48. The molecular formula is C21H24N4O4. The minimum atomic E-state index is -0.763. The van der Waals surface area contributed by atoms with E-state index < -0.39 is 6.10 Å². The number of aromatic nitrogens is 3. The summed E-state index contributed by atoms with van der Waals surface area (Å²) in [7, 11) is 0. The number of amides is 1. The number of hydrogen-bond acceptors (Lipinski definition) is 6. The predicted molar refractivity (Wildman–Crippen MR) is 108 cm³/mol. The van der Waals surface area contributed by atoms with Crippen molar-refractivity contribution in [3.05, 3.63) is 45.9 Å². The van der Waals surface area contributed by atoms with Crippen LogP contribution in [0, 0.1) is 0 Å². The number of carbonyl (C=O) groups is 1. The maximum Gasteiger partial charge on any atom is 0.339 e. The Morgan fingerprint density at radius 3 is 2.69 bits per heavy atom. The summed E-state index contributed by atoms with van der Waals surface area (Å²) in [6.45, 7) is 5.55. The molecule has 1 N–H and O–H groups in total. The van der Waals surface area contributed by atoms with E-state index in [1.807, 2.05) is 19.9 Å². The Hall–Kier alpha value is -3.16. The van der Waals surface area contributed by atoms with E-state index in [-0.39, 0.29) is 17.6 Å². The van der Waals surface area contributed by atoms with Crippen molar-refractivity contribution in [2.75, 3.05) is 5.32 Å². The number of ether oxygens (including phenoxy) is 1. The van der Waals surface area contributed by atoms with E-state index in [2.05, 4.69) is 15.5 Å². The molecule has 4 rings (SSSR count). The van der Waals surface area contributed by atoms with E-state index in [0.717, 1.165) is 42.2 Å². The molecule has 29 heavy (non-hydrogen) atoms. The first-order valence-corrected chi connectivity index (χ1v) is 9.90. The van der Waals surface area contributed by atoms with Crippen molar-refractivity contribution in [3.8, 4) is 5.75 Å². The smallest absolute Gasteiger partial charge is 0.339 e. The fraction of sp³-hybridized carbons (Fsp3) is 0.429. The molecule has 0 spiro atoms. The van der Waals surface area contributed by atoms with E-state index in [4.69, 9.17) is 9.15 Å². The topological polar surface area (TPSA) is 99.2 Å². The van der Waals surface area contributed by atoms with E-state index in [0.29, 0.717) is 17.2 Å². The Bertz CT molecular complexity index is 1120. The number of aryl methyl sites for hydroxylation is 1. The number of fused-ring (bicyclic) bond motifs is 3. The highest BCUT2D eigenvalue weighted by molar-refractivity contribution is 5.93. The number of carbonyl (C=O) groups excluding carboxylic acids is 1. The van der Waals surface area contributed by atoms with Crippen LogP contribution in [0.3, 0.4) is 0 Å². The zero-order chi connectivity index (χ0) is 20.5. The highest BCUT2D eigenvalue weighted by Crippen LogP contribution is 2.29. The minimum Gasteiger partial charge on any atom is -0.481 e. The van der Waals surface area contributed by atoms with Gasteiger partial charge in [0.15, 0.2) is 11.9 Å². The van der Waals surface area contributed by atoms with Crippen LogP contribution in [0.25, 0.3) is 11.0 Å². The molecule has 1 aliphatic carbocycles. The van der Waals surface area contributed by atoms with Crippen molar-refractivity contribution in [1.82, 2.24) is 15.0 Å². The van der Waals surface area contributed by atoms with Gasteiger partial charge in [-0.15, -0.1) is 5.10 Å². The quantitative estimate of drug-likeness (QED) is 0.665. The van der Waals surface area contributed by atoms with Crippen molar-refractivity contribution in [2.45, 2.75) is 58.6 Å². The maximum absolute atomic E-state index is 12.4. The molecule has 0 aliphatic heterocycles. The van der Waals surface area contributed by atoms with E-state index in [1.54, 1.807) is 19.1 Å². The fourth-order valence-electron chi connectivity index (χ4n) is 3.57. The molecule has 0 saturated carbocycles. The lowest BCUT2D eigenvalue weighted by Gasteiger charge is -2.17. The van der Waals surface area contributed by atoms with E-state index in [1.165, 1.54) is 11.0 Å². The van der Waals surface area contributed by atoms with E-state index >= 15 is 0 Å². The van der Waals surface area contributed by atoms with Crippen LogP contribution >= 0.6 is 0 Å². The fourth-order valence-corrected chi connectivity index (χ4v) is 3.57. The van der Waals surface area contributed by atoms with Gasteiger partial charge >= 0.3 is 5.63 Å². The van der Waals surface area contributed by atoms with Gasteiger partial charge in [-0.25, -0.2) is 4.79 Å². The first-order chi connectivity index (χ1) is 13.9. The van der Waals surface area contributed by atoms with Crippen molar-refractivity contribution in [3.63, 3.8) is 0 Å². The first kappa shape index (κ1) is 19.2.